The van der Waals surface area contributed by atoms with Crippen LogP contribution in [0, 0.1) is 0 Å². The number of ether oxygens (including phenoxy) is 4. The average Bonchev–Trinajstić information content (AvgIpc) is 3.19. The van der Waals surface area contributed by atoms with Crippen LogP contribution in [-0.2, 0) is 0 Å². The molecule has 152 valence electrons. The zero-order chi connectivity index (χ0) is 20.1. The maximum atomic E-state index is 10.8. The summed E-state index contributed by atoms with van der Waals surface area (Å²) in [6.45, 7) is 7.42. The Kier molecular flexibility index (Phi) is 6.52. The van der Waals surface area contributed by atoms with Crippen LogP contribution in [0.5, 0.6) is 28.7 Å². The van der Waals surface area contributed by atoms with E-state index in [4.69, 9.17) is 18.9 Å². The second-order valence-corrected chi connectivity index (χ2v) is 6.74. The van der Waals surface area contributed by atoms with Crippen molar-refractivity contribution in [3.63, 3.8) is 0 Å². The molecule has 2 aromatic rings. The van der Waals surface area contributed by atoms with Crippen molar-refractivity contribution in [3.8, 4) is 28.7 Å². The fourth-order valence-electron chi connectivity index (χ4n) is 3.68. The highest BCUT2D eigenvalue weighted by atomic mass is 16.7. The molecular weight excluding hydrogens is 358 g/mol. The number of aromatic hydroxyl groups is 1. The van der Waals surface area contributed by atoms with Crippen LogP contribution >= 0.6 is 0 Å². The van der Waals surface area contributed by atoms with Crippen LogP contribution in [0.1, 0.15) is 37.3 Å². The monoisotopic (exact) mass is 387 g/mol. The molecule has 2 aromatic carbocycles. The van der Waals surface area contributed by atoms with E-state index >= 15 is 0 Å². The number of benzene rings is 2. The summed E-state index contributed by atoms with van der Waals surface area (Å²) in [7, 11) is 3.18. The first-order valence-electron chi connectivity index (χ1n) is 9.68. The van der Waals surface area contributed by atoms with E-state index in [-0.39, 0.29) is 18.5 Å². The number of fused-ring (bicyclic) bond motifs is 1. The van der Waals surface area contributed by atoms with E-state index in [0.717, 1.165) is 48.7 Å². The molecule has 0 saturated carbocycles. The van der Waals surface area contributed by atoms with Gasteiger partial charge in [0.05, 0.1) is 14.2 Å². The Morgan fingerprint density at radius 3 is 2.46 bits per heavy atom. The second-order valence-electron chi connectivity index (χ2n) is 6.74. The summed E-state index contributed by atoms with van der Waals surface area (Å²) in [5.74, 6) is 2.76. The van der Waals surface area contributed by atoms with Gasteiger partial charge in [0.15, 0.2) is 11.5 Å². The normalized spacial score (nSPS) is 13.6. The lowest BCUT2D eigenvalue weighted by Crippen LogP contribution is -2.25. The summed E-state index contributed by atoms with van der Waals surface area (Å²) in [6, 6.07) is 9.40. The van der Waals surface area contributed by atoms with Crippen LogP contribution in [0.4, 0.5) is 0 Å². The Morgan fingerprint density at radius 1 is 1.04 bits per heavy atom. The molecule has 1 N–H and O–H groups in total. The molecule has 0 saturated heterocycles. The standard InChI is InChI=1S/C22H29NO5/c1-5-23(6-2)10-9-17(15-7-8-19-20(11-15)28-14-27-19)22-18(24)12-16(25-3)13-21(22)26-4/h7-8,11-13,17,24H,5-6,9-10,14H2,1-4H3/t17-/m1/s1. The Labute approximate surface area is 166 Å². The van der Waals surface area contributed by atoms with E-state index in [1.165, 1.54) is 0 Å². The molecule has 0 amide bonds. The van der Waals surface area contributed by atoms with E-state index in [0.29, 0.717) is 11.5 Å². The first-order valence-corrected chi connectivity index (χ1v) is 9.68. The van der Waals surface area contributed by atoms with E-state index in [2.05, 4.69) is 18.7 Å². The molecule has 0 aromatic heterocycles. The predicted molar refractivity (Wildman–Crippen MR) is 108 cm³/mol. The van der Waals surface area contributed by atoms with E-state index in [1.807, 2.05) is 24.3 Å². The maximum absolute atomic E-state index is 10.8. The summed E-state index contributed by atoms with van der Waals surface area (Å²) in [5, 5.41) is 10.8. The van der Waals surface area contributed by atoms with Crippen LogP contribution in [0.25, 0.3) is 0 Å². The van der Waals surface area contributed by atoms with Crippen LogP contribution in [0.15, 0.2) is 30.3 Å². The van der Waals surface area contributed by atoms with Gasteiger partial charge in [-0.1, -0.05) is 19.9 Å². The second kappa shape index (κ2) is 9.06. The molecule has 3 rings (SSSR count). The Bertz CT molecular complexity index is 804. The van der Waals surface area contributed by atoms with Crippen LogP contribution in [0.2, 0.25) is 0 Å². The largest absolute Gasteiger partial charge is 0.507 e. The molecule has 1 atom stereocenters. The summed E-state index contributed by atoms with van der Waals surface area (Å²) in [4.78, 5) is 2.37. The molecule has 0 radical (unpaired) electrons. The van der Waals surface area contributed by atoms with Gasteiger partial charge in [-0.15, -0.1) is 0 Å². The van der Waals surface area contributed by atoms with Gasteiger partial charge in [-0.25, -0.2) is 0 Å². The van der Waals surface area contributed by atoms with Crippen LogP contribution in [0.3, 0.4) is 0 Å². The minimum atomic E-state index is -0.0593. The average molecular weight is 387 g/mol. The minimum absolute atomic E-state index is 0.0593. The first kappa shape index (κ1) is 20.1. The molecule has 0 spiro atoms. The highest BCUT2D eigenvalue weighted by Gasteiger charge is 2.26. The van der Waals surface area contributed by atoms with Crippen molar-refractivity contribution < 1.29 is 24.1 Å². The molecular formula is C22H29NO5. The molecule has 0 bridgehead atoms. The molecule has 6 heteroatoms. The van der Waals surface area contributed by atoms with Crippen molar-refractivity contribution in [1.82, 2.24) is 4.90 Å². The lowest BCUT2D eigenvalue weighted by molar-refractivity contribution is 0.174. The molecule has 1 heterocycles. The summed E-state index contributed by atoms with van der Waals surface area (Å²) >= 11 is 0. The van der Waals surface area contributed by atoms with Crippen LogP contribution < -0.4 is 18.9 Å². The van der Waals surface area contributed by atoms with Crippen LogP contribution in [-0.4, -0.2) is 50.7 Å². The number of hydrogen-bond donors (Lipinski definition) is 1. The van der Waals surface area contributed by atoms with Crippen molar-refractivity contribution in [1.29, 1.82) is 0 Å². The Balaban J connectivity index is 2.03. The minimum Gasteiger partial charge on any atom is -0.507 e. The number of phenolic OH excluding ortho intramolecular Hbond substituents is 1. The van der Waals surface area contributed by atoms with E-state index < -0.39 is 0 Å². The lowest BCUT2D eigenvalue weighted by atomic mass is 9.86. The molecule has 1 aliphatic heterocycles. The van der Waals surface area contributed by atoms with Gasteiger partial charge in [0.1, 0.15) is 17.2 Å². The Morgan fingerprint density at radius 2 is 1.79 bits per heavy atom. The summed E-state index contributed by atoms with van der Waals surface area (Å²) in [5.41, 5.74) is 1.81. The highest BCUT2D eigenvalue weighted by molar-refractivity contribution is 5.56. The molecule has 1 aliphatic rings. The molecule has 0 unspecified atom stereocenters. The third kappa shape index (κ3) is 4.12. The fraction of sp³-hybridized carbons (Fsp3) is 0.455. The number of nitrogens with zero attached hydrogens (tertiary/aromatic N) is 1. The predicted octanol–water partition coefficient (Wildman–Crippen LogP) is 4.00. The third-order valence-corrected chi connectivity index (χ3v) is 5.33. The van der Waals surface area contributed by atoms with Gasteiger partial charge < -0.3 is 29.0 Å². The molecule has 6 nitrogen and oxygen atoms in total. The van der Waals surface area contributed by atoms with Crippen molar-refractivity contribution in [2.75, 3.05) is 40.6 Å². The molecule has 0 aliphatic carbocycles. The number of methoxy groups -OCH3 is 2. The quantitative estimate of drug-likeness (QED) is 0.702. The van der Waals surface area contributed by atoms with Gasteiger partial charge in [-0.2, -0.15) is 0 Å². The van der Waals surface area contributed by atoms with E-state index in [9.17, 15) is 5.11 Å². The zero-order valence-electron chi connectivity index (χ0n) is 17.0. The molecule has 0 fully saturated rings. The lowest BCUT2D eigenvalue weighted by Gasteiger charge is -2.25. The highest BCUT2D eigenvalue weighted by Crippen LogP contribution is 2.45. The SMILES string of the molecule is CCN(CC)CC[C@H](c1ccc2c(c1)OCO2)c1c(O)cc(OC)cc1OC. The van der Waals surface area contributed by atoms with Gasteiger partial charge in [0, 0.05) is 23.6 Å². The van der Waals surface area contributed by atoms with E-state index in [1.54, 1.807) is 20.3 Å². The summed E-state index contributed by atoms with van der Waals surface area (Å²) in [6.07, 6.45) is 0.831. The number of phenols is 1. The van der Waals surface area contributed by atoms with Gasteiger partial charge in [0.2, 0.25) is 6.79 Å². The number of rotatable bonds is 9. The van der Waals surface area contributed by atoms with Gasteiger partial charge >= 0.3 is 0 Å². The smallest absolute Gasteiger partial charge is 0.231 e. The Hall–Kier alpha value is -2.60. The third-order valence-electron chi connectivity index (χ3n) is 5.33. The van der Waals surface area contributed by atoms with Gasteiger partial charge in [-0.05, 0) is 43.8 Å². The maximum Gasteiger partial charge on any atom is 0.231 e. The zero-order valence-corrected chi connectivity index (χ0v) is 17.0. The first-order chi connectivity index (χ1) is 13.6. The van der Waals surface area contributed by atoms with Crippen molar-refractivity contribution >= 4 is 0 Å². The summed E-state index contributed by atoms with van der Waals surface area (Å²) < 4.78 is 21.9. The topological polar surface area (TPSA) is 60.4 Å². The van der Waals surface area contributed by atoms with Gasteiger partial charge in [-0.3, -0.25) is 0 Å². The van der Waals surface area contributed by atoms with Crippen molar-refractivity contribution in [3.05, 3.63) is 41.5 Å². The van der Waals surface area contributed by atoms with Gasteiger partial charge in [0.25, 0.3) is 0 Å². The van der Waals surface area contributed by atoms with Crippen molar-refractivity contribution in [2.24, 2.45) is 0 Å². The molecule has 28 heavy (non-hydrogen) atoms. The fourth-order valence-corrected chi connectivity index (χ4v) is 3.68. The van der Waals surface area contributed by atoms with Crippen molar-refractivity contribution in [2.45, 2.75) is 26.2 Å². The number of hydrogen-bond acceptors (Lipinski definition) is 6.